The van der Waals surface area contributed by atoms with E-state index >= 15 is 0 Å². The summed E-state index contributed by atoms with van der Waals surface area (Å²) in [6.07, 6.45) is 2.11. The molecule has 0 fully saturated rings. The Morgan fingerprint density at radius 3 is 2.71 bits per heavy atom. The van der Waals surface area contributed by atoms with E-state index in [2.05, 4.69) is 9.98 Å². The van der Waals surface area contributed by atoms with Crippen molar-refractivity contribution in [3.8, 4) is 5.69 Å². The highest BCUT2D eigenvalue weighted by molar-refractivity contribution is 6.15. The number of aliphatic imine (C=N–C) groups is 1. The molecule has 24 heavy (non-hydrogen) atoms. The number of imidazole rings is 1. The quantitative estimate of drug-likeness (QED) is 0.580. The Kier molecular flexibility index (Phi) is 3.21. The molecule has 1 unspecified atom stereocenters. The maximum absolute atomic E-state index is 11.2. The second-order valence-corrected chi connectivity index (χ2v) is 5.33. The lowest BCUT2D eigenvalue weighted by Crippen LogP contribution is -2.07. The number of hydrogen-bond acceptors (Lipinski definition) is 5. The van der Waals surface area contributed by atoms with Gasteiger partial charge in [-0.2, -0.15) is 0 Å². The molecule has 0 saturated carbocycles. The van der Waals surface area contributed by atoms with Crippen molar-refractivity contribution in [3.05, 3.63) is 88.0 Å². The van der Waals surface area contributed by atoms with Gasteiger partial charge in [0, 0.05) is 35.7 Å². The van der Waals surface area contributed by atoms with E-state index in [1.165, 1.54) is 12.1 Å². The van der Waals surface area contributed by atoms with Gasteiger partial charge in [0.1, 0.15) is 0 Å². The lowest BCUT2D eigenvalue weighted by Gasteiger charge is -2.11. The molecule has 2 aromatic carbocycles. The van der Waals surface area contributed by atoms with Crippen LogP contribution in [0.3, 0.4) is 0 Å². The molecule has 0 amide bonds. The molecule has 7 heteroatoms. The number of nitro benzene ring substituents is 1. The second-order valence-electron chi connectivity index (χ2n) is 5.33. The largest absolute Gasteiger partial charge is 0.365 e. The SMILES string of the molecule is O=[N+]([O-])c1ccc2c(c1)C(c1ccccc1)=NC(O)c1nccn1-2. The van der Waals surface area contributed by atoms with Crippen LogP contribution < -0.4 is 0 Å². The molecule has 0 radical (unpaired) electrons. The fraction of sp³-hybridized carbons (Fsp3) is 0.0588. The van der Waals surface area contributed by atoms with Crippen LogP contribution in [0.25, 0.3) is 5.69 Å². The Morgan fingerprint density at radius 2 is 1.96 bits per heavy atom. The smallest absolute Gasteiger partial charge is 0.270 e. The van der Waals surface area contributed by atoms with Gasteiger partial charge in [-0.05, 0) is 6.07 Å². The third kappa shape index (κ3) is 2.19. The van der Waals surface area contributed by atoms with Crippen molar-refractivity contribution < 1.29 is 10.0 Å². The minimum Gasteiger partial charge on any atom is -0.365 e. The number of benzene rings is 2. The summed E-state index contributed by atoms with van der Waals surface area (Å²) in [5, 5.41) is 21.6. The lowest BCUT2D eigenvalue weighted by molar-refractivity contribution is -0.384. The molecule has 0 bridgehead atoms. The second kappa shape index (κ2) is 5.39. The standard InChI is InChI=1S/C17H12N4O3/c22-17-16-18-8-9-20(16)14-7-6-12(21(23)24)10-13(14)15(19-17)11-4-2-1-3-5-11/h1-10,17,22H. The Bertz CT molecular complexity index is 963. The minimum absolute atomic E-state index is 0.0320. The number of nitrogens with zero attached hydrogens (tertiary/aromatic N) is 4. The molecule has 0 aliphatic carbocycles. The molecule has 0 spiro atoms. The third-order valence-electron chi connectivity index (χ3n) is 3.90. The van der Waals surface area contributed by atoms with Crippen molar-refractivity contribution in [2.75, 3.05) is 0 Å². The van der Waals surface area contributed by atoms with Gasteiger partial charge in [0.2, 0.25) is 6.23 Å². The maximum atomic E-state index is 11.2. The van der Waals surface area contributed by atoms with Crippen LogP contribution in [0.4, 0.5) is 5.69 Å². The zero-order valence-electron chi connectivity index (χ0n) is 12.4. The Balaban J connectivity index is 2.03. The van der Waals surface area contributed by atoms with Gasteiger partial charge in [-0.25, -0.2) is 9.98 Å². The maximum Gasteiger partial charge on any atom is 0.270 e. The van der Waals surface area contributed by atoms with Gasteiger partial charge in [-0.1, -0.05) is 30.3 Å². The predicted molar refractivity (Wildman–Crippen MR) is 87.3 cm³/mol. The molecule has 1 aliphatic rings. The van der Waals surface area contributed by atoms with E-state index in [0.29, 0.717) is 22.8 Å². The number of nitro groups is 1. The summed E-state index contributed by atoms with van der Waals surface area (Å²) >= 11 is 0. The summed E-state index contributed by atoms with van der Waals surface area (Å²) in [4.78, 5) is 19.2. The molecule has 1 atom stereocenters. The van der Waals surface area contributed by atoms with E-state index in [1.807, 2.05) is 30.3 Å². The average Bonchev–Trinajstić information content (AvgIpc) is 3.05. The van der Waals surface area contributed by atoms with E-state index in [9.17, 15) is 15.2 Å². The van der Waals surface area contributed by atoms with Crippen molar-refractivity contribution in [2.24, 2.45) is 4.99 Å². The van der Waals surface area contributed by atoms with Gasteiger partial charge >= 0.3 is 0 Å². The van der Waals surface area contributed by atoms with E-state index < -0.39 is 11.2 Å². The molecular weight excluding hydrogens is 308 g/mol. The summed E-state index contributed by atoms with van der Waals surface area (Å²) in [7, 11) is 0. The van der Waals surface area contributed by atoms with Crippen molar-refractivity contribution in [1.82, 2.24) is 9.55 Å². The van der Waals surface area contributed by atoms with Crippen LogP contribution in [0.2, 0.25) is 0 Å². The summed E-state index contributed by atoms with van der Waals surface area (Å²) in [6, 6.07) is 13.8. The number of aliphatic hydroxyl groups is 1. The first-order valence-corrected chi connectivity index (χ1v) is 7.29. The summed E-state index contributed by atoms with van der Waals surface area (Å²) < 4.78 is 1.70. The first kappa shape index (κ1) is 14.3. The summed E-state index contributed by atoms with van der Waals surface area (Å²) in [5.74, 6) is 0.371. The summed E-state index contributed by atoms with van der Waals surface area (Å²) in [5.41, 5.74) is 2.49. The average molecular weight is 320 g/mol. The van der Waals surface area contributed by atoms with Crippen molar-refractivity contribution in [3.63, 3.8) is 0 Å². The fourth-order valence-corrected chi connectivity index (χ4v) is 2.82. The highest BCUT2D eigenvalue weighted by Crippen LogP contribution is 2.31. The number of aliphatic hydroxyl groups excluding tert-OH is 1. The Labute approximate surface area is 136 Å². The van der Waals surface area contributed by atoms with Crippen LogP contribution in [0, 0.1) is 10.1 Å². The number of rotatable bonds is 2. The van der Waals surface area contributed by atoms with Crippen molar-refractivity contribution in [2.45, 2.75) is 6.23 Å². The molecule has 7 nitrogen and oxygen atoms in total. The number of fused-ring (bicyclic) bond motifs is 3. The third-order valence-corrected chi connectivity index (χ3v) is 3.90. The van der Waals surface area contributed by atoms with Gasteiger partial charge in [0.25, 0.3) is 5.69 Å². The monoisotopic (exact) mass is 320 g/mol. The zero-order chi connectivity index (χ0) is 16.7. The van der Waals surface area contributed by atoms with Gasteiger partial charge in [-0.15, -0.1) is 0 Å². The first-order chi connectivity index (χ1) is 11.6. The van der Waals surface area contributed by atoms with E-state index in [4.69, 9.17) is 0 Å². The van der Waals surface area contributed by atoms with Gasteiger partial charge in [-0.3, -0.25) is 14.7 Å². The van der Waals surface area contributed by atoms with Crippen LogP contribution in [0.1, 0.15) is 23.2 Å². The van der Waals surface area contributed by atoms with E-state index in [0.717, 1.165) is 5.56 Å². The fourth-order valence-electron chi connectivity index (χ4n) is 2.82. The summed E-state index contributed by atoms with van der Waals surface area (Å²) in [6.45, 7) is 0. The van der Waals surface area contributed by atoms with Gasteiger partial charge < -0.3 is 5.11 Å². The topological polar surface area (TPSA) is 93.6 Å². The van der Waals surface area contributed by atoms with Crippen LogP contribution in [0.15, 0.2) is 65.9 Å². The molecule has 1 N–H and O–H groups in total. The highest BCUT2D eigenvalue weighted by Gasteiger charge is 2.25. The molecule has 2 heterocycles. The van der Waals surface area contributed by atoms with Crippen LogP contribution in [-0.2, 0) is 0 Å². The highest BCUT2D eigenvalue weighted by atomic mass is 16.6. The molecule has 0 saturated heterocycles. The van der Waals surface area contributed by atoms with Crippen molar-refractivity contribution >= 4 is 11.4 Å². The molecule has 3 aromatic rings. The van der Waals surface area contributed by atoms with Gasteiger partial charge in [0.05, 0.1) is 16.3 Å². The Morgan fingerprint density at radius 1 is 1.17 bits per heavy atom. The zero-order valence-corrected chi connectivity index (χ0v) is 12.4. The Hall–Kier alpha value is -3.32. The lowest BCUT2D eigenvalue weighted by atomic mass is 10.00. The molecule has 1 aliphatic heterocycles. The van der Waals surface area contributed by atoms with E-state index in [-0.39, 0.29) is 5.69 Å². The molecule has 1 aromatic heterocycles. The number of hydrogen-bond donors (Lipinski definition) is 1. The number of non-ortho nitro benzene ring substituents is 1. The molecular formula is C17H12N4O3. The minimum atomic E-state index is -1.15. The van der Waals surface area contributed by atoms with E-state index in [1.54, 1.807) is 23.0 Å². The van der Waals surface area contributed by atoms with Crippen LogP contribution in [-0.4, -0.2) is 25.3 Å². The molecule has 4 rings (SSSR count). The first-order valence-electron chi connectivity index (χ1n) is 7.29. The normalized spacial score (nSPS) is 15.9. The van der Waals surface area contributed by atoms with Gasteiger partial charge in [0.15, 0.2) is 5.82 Å². The van der Waals surface area contributed by atoms with Crippen LogP contribution in [0.5, 0.6) is 0 Å². The number of aromatic nitrogens is 2. The molecule has 118 valence electrons. The van der Waals surface area contributed by atoms with Crippen LogP contribution >= 0.6 is 0 Å². The van der Waals surface area contributed by atoms with Crippen molar-refractivity contribution in [1.29, 1.82) is 0 Å². The predicted octanol–water partition coefficient (Wildman–Crippen LogP) is 2.62.